The van der Waals surface area contributed by atoms with Gasteiger partial charge in [-0.2, -0.15) is 0 Å². The lowest BCUT2D eigenvalue weighted by Crippen LogP contribution is -2.30. The number of hydrogen-bond acceptors (Lipinski definition) is 0. The van der Waals surface area contributed by atoms with E-state index in [-0.39, 0.29) is 0 Å². The Morgan fingerprint density at radius 3 is 2.52 bits per heavy atom. The van der Waals surface area contributed by atoms with Crippen molar-refractivity contribution in [3.8, 4) is 0 Å². The van der Waals surface area contributed by atoms with Crippen LogP contribution in [-0.2, 0) is 0 Å². The molecule has 1 aliphatic carbocycles. The van der Waals surface area contributed by atoms with Gasteiger partial charge in [0.1, 0.15) is 0 Å². The molecule has 0 saturated heterocycles. The van der Waals surface area contributed by atoms with Crippen molar-refractivity contribution in [2.45, 2.75) is 44.4 Å². The van der Waals surface area contributed by atoms with Crippen LogP contribution in [-0.4, -0.2) is 0 Å². The molecule has 0 amide bonds. The summed E-state index contributed by atoms with van der Waals surface area (Å²) in [6.07, 6.45) is 5.34. The summed E-state index contributed by atoms with van der Waals surface area (Å²) in [4.78, 5) is 0.398. The Kier molecular flexibility index (Phi) is 4.34. The van der Waals surface area contributed by atoms with Crippen molar-refractivity contribution >= 4 is 38.3 Å². The summed E-state index contributed by atoms with van der Waals surface area (Å²) in [5.41, 5.74) is 1.78. The maximum Gasteiger partial charge on any atom is 0.0484 e. The van der Waals surface area contributed by atoms with Crippen LogP contribution in [0.3, 0.4) is 0 Å². The zero-order chi connectivity index (χ0) is 15.0. The minimum atomic E-state index is 0.396. The molecule has 0 aliphatic heterocycles. The van der Waals surface area contributed by atoms with Crippen molar-refractivity contribution in [2.24, 2.45) is 11.3 Å². The van der Waals surface area contributed by atoms with E-state index in [4.69, 9.17) is 11.6 Å². The van der Waals surface area contributed by atoms with E-state index in [1.165, 1.54) is 36.6 Å². The van der Waals surface area contributed by atoms with Crippen LogP contribution in [0.2, 0.25) is 5.02 Å². The first-order chi connectivity index (χ1) is 10.0. The second-order valence-corrected chi connectivity index (χ2v) is 8.32. The molecule has 0 heterocycles. The van der Waals surface area contributed by atoms with E-state index < -0.39 is 0 Å². The number of benzene rings is 2. The van der Waals surface area contributed by atoms with Gasteiger partial charge in [0.15, 0.2) is 0 Å². The number of fused-ring (bicyclic) bond motifs is 1. The summed E-state index contributed by atoms with van der Waals surface area (Å²) in [6.45, 7) is 4.84. The van der Waals surface area contributed by atoms with Crippen LogP contribution in [0.15, 0.2) is 36.4 Å². The normalized spacial score (nSPS) is 23.1. The quantitative estimate of drug-likeness (QED) is 0.496. The first-order valence-electron chi connectivity index (χ1n) is 7.82. The molecule has 3 rings (SSSR count). The van der Waals surface area contributed by atoms with Crippen molar-refractivity contribution in [1.29, 1.82) is 0 Å². The summed E-state index contributed by atoms with van der Waals surface area (Å²) in [5, 5.41) is 3.29. The molecule has 0 radical (unpaired) electrons. The van der Waals surface area contributed by atoms with E-state index in [0.29, 0.717) is 16.2 Å². The van der Waals surface area contributed by atoms with Crippen LogP contribution in [0.25, 0.3) is 10.8 Å². The minimum absolute atomic E-state index is 0.396. The lowest BCUT2D eigenvalue weighted by molar-refractivity contribution is 0.137. The third-order valence-electron chi connectivity index (χ3n) is 5.14. The standard InChI is InChI=1S/C19H22BrCl/c1-19(2)12-6-5-9-16(19)18(20)15-10-11-17(21)14-8-4-3-7-13(14)15/h3-4,7-8,10-11,16,18H,5-6,9,12H2,1-2H3. The lowest BCUT2D eigenvalue weighted by Gasteiger charge is -2.41. The predicted molar refractivity (Wildman–Crippen MR) is 96.4 cm³/mol. The highest BCUT2D eigenvalue weighted by molar-refractivity contribution is 9.09. The van der Waals surface area contributed by atoms with E-state index in [2.05, 4.69) is 60.1 Å². The topological polar surface area (TPSA) is 0 Å². The van der Waals surface area contributed by atoms with Crippen molar-refractivity contribution in [3.63, 3.8) is 0 Å². The molecule has 0 aromatic heterocycles. The van der Waals surface area contributed by atoms with E-state index >= 15 is 0 Å². The van der Waals surface area contributed by atoms with Gasteiger partial charge in [0.05, 0.1) is 0 Å². The maximum absolute atomic E-state index is 6.36. The van der Waals surface area contributed by atoms with E-state index in [0.717, 1.165) is 10.4 Å². The molecule has 21 heavy (non-hydrogen) atoms. The molecular formula is C19H22BrCl. The summed E-state index contributed by atoms with van der Waals surface area (Å²) >= 11 is 10.4. The average Bonchev–Trinajstić information content (AvgIpc) is 2.47. The van der Waals surface area contributed by atoms with Gasteiger partial charge in [-0.25, -0.2) is 0 Å². The first-order valence-corrected chi connectivity index (χ1v) is 9.11. The van der Waals surface area contributed by atoms with E-state index in [1.807, 2.05) is 6.07 Å². The Morgan fingerprint density at radius 1 is 1.10 bits per heavy atom. The molecule has 2 atom stereocenters. The maximum atomic E-state index is 6.36. The van der Waals surface area contributed by atoms with Crippen molar-refractivity contribution in [3.05, 3.63) is 47.0 Å². The molecule has 0 spiro atoms. The molecule has 1 fully saturated rings. The van der Waals surface area contributed by atoms with Crippen molar-refractivity contribution < 1.29 is 0 Å². The predicted octanol–water partition coefficient (Wildman–Crippen LogP) is 7.15. The molecule has 2 unspecified atom stereocenters. The Labute approximate surface area is 141 Å². The van der Waals surface area contributed by atoms with Crippen LogP contribution < -0.4 is 0 Å². The fourth-order valence-electron chi connectivity index (χ4n) is 3.81. The van der Waals surface area contributed by atoms with Gasteiger partial charge in [-0.05, 0) is 41.2 Å². The van der Waals surface area contributed by atoms with E-state index in [9.17, 15) is 0 Å². The Morgan fingerprint density at radius 2 is 1.81 bits per heavy atom. The Bertz CT molecular complexity index is 647. The van der Waals surface area contributed by atoms with Gasteiger partial charge >= 0.3 is 0 Å². The zero-order valence-electron chi connectivity index (χ0n) is 12.7. The van der Waals surface area contributed by atoms with Gasteiger partial charge in [-0.1, -0.05) is 84.6 Å². The second kappa shape index (κ2) is 5.93. The zero-order valence-corrected chi connectivity index (χ0v) is 15.0. The molecule has 0 nitrogen and oxygen atoms in total. The minimum Gasteiger partial charge on any atom is -0.0837 e. The molecule has 2 heteroatoms. The van der Waals surface area contributed by atoms with Crippen LogP contribution in [0, 0.1) is 11.3 Å². The monoisotopic (exact) mass is 364 g/mol. The summed E-state index contributed by atoms with van der Waals surface area (Å²) in [6, 6.07) is 12.7. The van der Waals surface area contributed by atoms with Gasteiger partial charge in [-0.3, -0.25) is 0 Å². The SMILES string of the molecule is CC1(C)CCCCC1C(Br)c1ccc(Cl)c2ccccc12. The van der Waals surface area contributed by atoms with Crippen molar-refractivity contribution in [1.82, 2.24) is 0 Å². The third-order valence-corrected chi connectivity index (χ3v) is 6.61. The van der Waals surface area contributed by atoms with Gasteiger partial charge in [0.25, 0.3) is 0 Å². The highest BCUT2D eigenvalue weighted by Crippen LogP contribution is 2.51. The molecule has 0 N–H and O–H groups in total. The van der Waals surface area contributed by atoms with Gasteiger partial charge in [-0.15, -0.1) is 0 Å². The highest BCUT2D eigenvalue weighted by atomic mass is 79.9. The first kappa shape index (κ1) is 15.4. The summed E-state index contributed by atoms with van der Waals surface area (Å²) < 4.78 is 0. The molecule has 1 saturated carbocycles. The fourth-order valence-corrected chi connectivity index (χ4v) is 5.41. The van der Waals surface area contributed by atoms with E-state index in [1.54, 1.807) is 0 Å². The van der Waals surface area contributed by atoms with Gasteiger partial charge in [0.2, 0.25) is 0 Å². The number of rotatable bonds is 2. The smallest absolute Gasteiger partial charge is 0.0484 e. The molecule has 0 bridgehead atoms. The molecule has 112 valence electrons. The molecule has 2 aromatic carbocycles. The van der Waals surface area contributed by atoms with Crippen LogP contribution in [0.5, 0.6) is 0 Å². The Hall–Kier alpha value is -0.530. The summed E-state index contributed by atoms with van der Waals surface area (Å²) in [7, 11) is 0. The highest BCUT2D eigenvalue weighted by Gasteiger charge is 2.37. The van der Waals surface area contributed by atoms with Crippen LogP contribution in [0.1, 0.15) is 49.9 Å². The molecular weight excluding hydrogens is 344 g/mol. The van der Waals surface area contributed by atoms with Crippen LogP contribution in [0.4, 0.5) is 0 Å². The lowest BCUT2D eigenvalue weighted by atomic mass is 9.66. The van der Waals surface area contributed by atoms with Gasteiger partial charge < -0.3 is 0 Å². The van der Waals surface area contributed by atoms with Crippen LogP contribution >= 0.6 is 27.5 Å². The summed E-state index contributed by atoms with van der Waals surface area (Å²) in [5.74, 6) is 0.677. The Balaban J connectivity index is 2.06. The van der Waals surface area contributed by atoms with Crippen molar-refractivity contribution in [2.75, 3.05) is 0 Å². The second-order valence-electron chi connectivity index (χ2n) is 6.92. The van der Waals surface area contributed by atoms with Gasteiger partial charge in [0, 0.05) is 15.2 Å². The number of hydrogen-bond donors (Lipinski definition) is 0. The number of alkyl halides is 1. The third kappa shape index (κ3) is 2.87. The fraction of sp³-hybridized carbons (Fsp3) is 0.474. The molecule has 1 aliphatic rings. The average molecular weight is 366 g/mol. The molecule has 2 aromatic rings. The largest absolute Gasteiger partial charge is 0.0837 e. The number of halogens is 2.